The number of benzene rings is 6. The Hall–Kier alpha value is -7.68. The van der Waals surface area contributed by atoms with E-state index in [0.717, 1.165) is 46.6 Å². The van der Waals surface area contributed by atoms with Crippen LogP contribution in [0.5, 0.6) is 0 Å². The smallest absolute Gasteiger partial charge is 0.135 e. The quantitative estimate of drug-likeness (QED) is 0.172. The van der Waals surface area contributed by atoms with Crippen LogP contribution in [0.4, 0.5) is 0 Å². The van der Waals surface area contributed by atoms with Crippen molar-refractivity contribution in [3.8, 4) is 22.3 Å². The Morgan fingerprint density at radius 1 is 0.614 bits per heavy atom. The molecule has 0 N–H and O–H groups in total. The van der Waals surface area contributed by atoms with Crippen LogP contribution in [-0.4, -0.2) is 6.10 Å². The van der Waals surface area contributed by atoms with Crippen molar-refractivity contribution in [3.63, 3.8) is 0 Å². The number of allylic oxidation sites excluding steroid dienone is 15. The van der Waals surface area contributed by atoms with Gasteiger partial charge in [0.25, 0.3) is 0 Å². The van der Waals surface area contributed by atoms with Gasteiger partial charge in [-0.25, -0.2) is 0 Å². The summed E-state index contributed by atoms with van der Waals surface area (Å²) >= 11 is 0. The summed E-state index contributed by atoms with van der Waals surface area (Å²) in [4.78, 5) is 0. The third-order valence-electron chi connectivity index (χ3n) is 17.6. The van der Waals surface area contributed by atoms with Crippen molar-refractivity contribution < 1.29 is 9.15 Å². The predicted octanol–water partition coefficient (Wildman–Crippen LogP) is 15.0. The van der Waals surface area contributed by atoms with Crippen LogP contribution in [-0.2, 0) is 10.2 Å². The van der Waals surface area contributed by atoms with E-state index in [-0.39, 0.29) is 34.7 Å². The number of hydrogen-bond acceptors (Lipinski definition) is 2. The molecule has 8 unspecified atom stereocenters. The van der Waals surface area contributed by atoms with Crippen LogP contribution < -0.4 is 10.6 Å². The number of hydrogen-bond donors (Lipinski definition) is 0. The fraction of sp³-hybridized carbons (Fsp3) is 0.176. The van der Waals surface area contributed by atoms with E-state index < -0.39 is 0 Å². The Morgan fingerprint density at radius 2 is 1.41 bits per heavy atom. The summed E-state index contributed by atoms with van der Waals surface area (Å²) < 4.78 is 13.2. The molecule has 6 aromatic carbocycles. The molecular formula is C68H52O2. The van der Waals surface area contributed by atoms with Crippen molar-refractivity contribution in [1.29, 1.82) is 0 Å². The van der Waals surface area contributed by atoms with E-state index in [1.807, 2.05) is 6.07 Å². The number of fused-ring (bicyclic) bond motifs is 15. The van der Waals surface area contributed by atoms with Crippen molar-refractivity contribution in [2.75, 3.05) is 0 Å². The number of rotatable bonds is 5. The highest BCUT2D eigenvalue weighted by molar-refractivity contribution is 5.98. The van der Waals surface area contributed by atoms with Gasteiger partial charge < -0.3 is 9.15 Å². The molecule has 0 spiro atoms. The lowest BCUT2D eigenvalue weighted by atomic mass is 9.59. The zero-order valence-corrected chi connectivity index (χ0v) is 39.3. The molecule has 8 aliphatic rings. The van der Waals surface area contributed by atoms with Crippen LogP contribution in [0, 0.1) is 17.3 Å². The fourth-order valence-electron chi connectivity index (χ4n) is 14.5. The van der Waals surface area contributed by atoms with E-state index in [4.69, 9.17) is 9.15 Å². The molecule has 0 bridgehead atoms. The molecule has 70 heavy (non-hydrogen) atoms. The molecule has 7 aliphatic carbocycles. The van der Waals surface area contributed by atoms with Crippen LogP contribution in [0.1, 0.15) is 82.9 Å². The molecular weight excluding hydrogens is 849 g/mol. The molecule has 2 heterocycles. The molecule has 2 nitrogen and oxygen atoms in total. The second kappa shape index (κ2) is 15.2. The first-order chi connectivity index (χ1) is 34.6. The highest BCUT2D eigenvalue weighted by atomic mass is 16.5. The monoisotopic (exact) mass is 900 g/mol. The molecule has 1 saturated heterocycles. The maximum Gasteiger partial charge on any atom is 0.135 e. The molecule has 2 heteroatoms. The van der Waals surface area contributed by atoms with Gasteiger partial charge in [0, 0.05) is 45.3 Å². The van der Waals surface area contributed by atoms with E-state index in [1.165, 1.54) is 77.9 Å². The Bertz CT molecular complexity index is 3780. The molecule has 336 valence electrons. The molecule has 0 radical (unpaired) electrons. The van der Waals surface area contributed by atoms with Gasteiger partial charge in [-0.05, 0) is 135 Å². The van der Waals surface area contributed by atoms with Gasteiger partial charge in [0.15, 0.2) is 0 Å². The normalized spacial score (nSPS) is 27.9. The lowest BCUT2D eigenvalue weighted by Crippen LogP contribution is -2.40. The van der Waals surface area contributed by atoms with Crippen molar-refractivity contribution in [3.05, 3.63) is 273 Å². The summed E-state index contributed by atoms with van der Waals surface area (Å²) in [5.74, 6) is 2.46. The van der Waals surface area contributed by atoms with Crippen LogP contribution in [0.15, 0.2) is 228 Å². The third-order valence-corrected chi connectivity index (χ3v) is 17.6. The molecule has 1 aromatic heterocycles. The van der Waals surface area contributed by atoms with Crippen LogP contribution in [0.25, 0.3) is 56.5 Å². The van der Waals surface area contributed by atoms with Gasteiger partial charge in [-0.2, -0.15) is 0 Å². The lowest BCUT2D eigenvalue weighted by molar-refractivity contribution is 0.169. The summed E-state index contributed by atoms with van der Waals surface area (Å²) in [6, 6.07) is 52.6. The standard InChI is InChI=1S/C68H52O2/c1-67-41-64-58(54-25-13-15-30-62(54)69-64)40-65(67)70-63-36-33-44(39-61(63)67)48-22-9-8-21-47(48)42-31-34-52-53-35-32-43(38-57(53)51-24-11-10-23-50(51)56(52)37-42)49-27-16-29-60-66(49)55-26-12-14-28-59(55)68(60,45-17-4-2-5-18-45)46-19-6-3-7-20-46/h2-19,21-32,35-41,44,46,52,55,59,65H,20,33-34H2,1H3. The number of ether oxygens (including phenoxy) is 1. The van der Waals surface area contributed by atoms with E-state index in [1.54, 1.807) is 0 Å². The largest absolute Gasteiger partial charge is 0.485 e. The SMILES string of the molecule is CC12C=c3oc4ccccc4c3=CC1OC1=CCC(c3ccccc3C3=CCC4C(=C3)c3ccccc3-c3cc(-c5cccc6c5C5C=CC=CC5C6(c5ccccc5)C5C=CC=CC5)ccc34)C=C12. The Labute approximate surface area is 409 Å². The Balaban J connectivity index is 0.797. The summed E-state index contributed by atoms with van der Waals surface area (Å²) in [5.41, 5.74) is 20.6. The second-order valence-corrected chi connectivity index (χ2v) is 21.0. The summed E-state index contributed by atoms with van der Waals surface area (Å²) in [5, 5.41) is 2.29. The van der Waals surface area contributed by atoms with Crippen molar-refractivity contribution in [2.45, 2.75) is 55.5 Å². The van der Waals surface area contributed by atoms with E-state index >= 15 is 0 Å². The van der Waals surface area contributed by atoms with Gasteiger partial charge >= 0.3 is 0 Å². The van der Waals surface area contributed by atoms with E-state index in [9.17, 15) is 0 Å². The molecule has 8 atom stereocenters. The molecule has 0 amide bonds. The van der Waals surface area contributed by atoms with Gasteiger partial charge in [-0.15, -0.1) is 0 Å². The predicted molar refractivity (Wildman–Crippen MR) is 286 cm³/mol. The summed E-state index contributed by atoms with van der Waals surface area (Å²) in [7, 11) is 0. The summed E-state index contributed by atoms with van der Waals surface area (Å²) in [6.07, 6.45) is 36.2. The first kappa shape index (κ1) is 40.2. The molecule has 15 rings (SSSR count). The first-order valence-electron chi connectivity index (χ1n) is 25.5. The second-order valence-electron chi connectivity index (χ2n) is 21.0. The number of para-hydroxylation sites is 1. The van der Waals surface area contributed by atoms with Gasteiger partial charge in [0.05, 0.1) is 5.41 Å². The summed E-state index contributed by atoms with van der Waals surface area (Å²) in [6.45, 7) is 2.32. The van der Waals surface area contributed by atoms with Gasteiger partial charge in [0.1, 0.15) is 22.9 Å². The van der Waals surface area contributed by atoms with E-state index in [0.29, 0.717) is 11.8 Å². The Kier molecular flexibility index (Phi) is 8.71. The maximum absolute atomic E-state index is 6.75. The van der Waals surface area contributed by atoms with Gasteiger partial charge in [0.2, 0.25) is 0 Å². The maximum atomic E-state index is 6.75. The van der Waals surface area contributed by atoms with Crippen molar-refractivity contribution in [2.24, 2.45) is 17.3 Å². The zero-order chi connectivity index (χ0) is 46.1. The fourth-order valence-corrected chi connectivity index (χ4v) is 14.5. The topological polar surface area (TPSA) is 22.4 Å². The first-order valence-corrected chi connectivity index (χ1v) is 25.5. The van der Waals surface area contributed by atoms with Gasteiger partial charge in [-0.3, -0.25) is 0 Å². The number of furan rings is 1. The Morgan fingerprint density at radius 3 is 2.31 bits per heavy atom. The highest BCUT2D eigenvalue weighted by Crippen LogP contribution is 2.63. The third kappa shape index (κ3) is 5.62. The van der Waals surface area contributed by atoms with Crippen LogP contribution in [0.3, 0.4) is 0 Å². The van der Waals surface area contributed by atoms with Crippen molar-refractivity contribution >= 4 is 34.3 Å². The minimum absolute atomic E-state index is 0.0752. The minimum Gasteiger partial charge on any atom is -0.485 e. The van der Waals surface area contributed by atoms with E-state index in [2.05, 4.69) is 225 Å². The zero-order valence-electron chi connectivity index (χ0n) is 39.3. The average Bonchev–Trinajstić information content (AvgIpc) is 4.04. The minimum atomic E-state index is -0.316. The molecule has 1 aliphatic heterocycles. The van der Waals surface area contributed by atoms with Crippen LogP contribution in [0.2, 0.25) is 0 Å². The average molecular weight is 901 g/mol. The van der Waals surface area contributed by atoms with Crippen molar-refractivity contribution in [1.82, 2.24) is 0 Å². The molecule has 0 saturated carbocycles. The van der Waals surface area contributed by atoms with Crippen LogP contribution >= 0.6 is 0 Å². The highest BCUT2D eigenvalue weighted by Gasteiger charge is 2.56. The lowest BCUT2D eigenvalue weighted by Gasteiger charge is -2.43. The molecule has 1 fully saturated rings. The van der Waals surface area contributed by atoms with Gasteiger partial charge in [-0.1, -0.05) is 194 Å². The molecule has 7 aromatic rings.